The zero-order valence-corrected chi connectivity index (χ0v) is 10.3. The molecule has 7 nitrogen and oxygen atoms in total. The molecule has 0 unspecified atom stereocenters. The maximum atomic E-state index is 11.6. The van der Waals surface area contributed by atoms with Crippen molar-refractivity contribution < 1.29 is 4.79 Å². The minimum atomic E-state index is 0.00558. The minimum absolute atomic E-state index is 0.00558. The van der Waals surface area contributed by atoms with Crippen LogP contribution >= 0.6 is 0 Å². The molecule has 0 bridgehead atoms. The third-order valence-electron chi connectivity index (χ3n) is 2.30. The van der Waals surface area contributed by atoms with Crippen LogP contribution in [0.5, 0.6) is 0 Å². The summed E-state index contributed by atoms with van der Waals surface area (Å²) in [6, 6.07) is 1.75. The van der Waals surface area contributed by atoms with Gasteiger partial charge in [-0.25, -0.2) is 10.8 Å². The van der Waals surface area contributed by atoms with Gasteiger partial charge in [-0.2, -0.15) is 4.98 Å². The predicted octanol–water partition coefficient (Wildman–Crippen LogP) is -0.0392. The summed E-state index contributed by atoms with van der Waals surface area (Å²) in [6.45, 7) is 4.63. The number of hydrogen-bond acceptors (Lipinski definition) is 6. The summed E-state index contributed by atoms with van der Waals surface area (Å²) in [4.78, 5) is 21.3. The number of anilines is 2. The Labute approximate surface area is 100 Å². The molecular weight excluding hydrogens is 220 g/mol. The zero-order valence-electron chi connectivity index (χ0n) is 10.3. The highest BCUT2D eigenvalue weighted by Crippen LogP contribution is 2.08. The predicted molar refractivity (Wildman–Crippen MR) is 66.4 cm³/mol. The summed E-state index contributed by atoms with van der Waals surface area (Å²) in [7, 11) is 1.75. The number of aryl methyl sites for hydroxylation is 1. The molecule has 17 heavy (non-hydrogen) atoms. The molecule has 1 rings (SSSR count). The Balaban J connectivity index is 2.63. The zero-order chi connectivity index (χ0) is 12.8. The number of carbonyl (C=O) groups is 1. The molecule has 0 saturated carbocycles. The van der Waals surface area contributed by atoms with Gasteiger partial charge < -0.3 is 10.2 Å². The molecule has 0 spiro atoms. The van der Waals surface area contributed by atoms with E-state index >= 15 is 0 Å². The van der Waals surface area contributed by atoms with E-state index in [1.807, 2.05) is 13.8 Å². The number of aromatic nitrogens is 2. The third-order valence-corrected chi connectivity index (χ3v) is 2.30. The lowest BCUT2D eigenvalue weighted by atomic mass is 10.4. The van der Waals surface area contributed by atoms with Gasteiger partial charge in [0.25, 0.3) is 0 Å². The summed E-state index contributed by atoms with van der Waals surface area (Å²) in [5, 5.41) is 2.94. The Morgan fingerprint density at radius 3 is 2.82 bits per heavy atom. The van der Waals surface area contributed by atoms with Gasteiger partial charge >= 0.3 is 0 Å². The molecule has 0 radical (unpaired) electrons. The number of hydrazine groups is 1. The normalized spacial score (nSPS) is 9.88. The maximum Gasteiger partial charge on any atom is 0.241 e. The Morgan fingerprint density at radius 2 is 2.24 bits per heavy atom. The van der Waals surface area contributed by atoms with Gasteiger partial charge in [0.2, 0.25) is 11.9 Å². The molecule has 94 valence electrons. The van der Waals surface area contributed by atoms with E-state index in [1.165, 1.54) is 0 Å². The summed E-state index contributed by atoms with van der Waals surface area (Å²) >= 11 is 0. The van der Waals surface area contributed by atoms with Crippen molar-refractivity contribution in [1.29, 1.82) is 0 Å². The first-order valence-corrected chi connectivity index (χ1v) is 5.37. The van der Waals surface area contributed by atoms with E-state index < -0.39 is 0 Å². The van der Waals surface area contributed by atoms with Gasteiger partial charge in [0.15, 0.2) is 0 Å². The highest BCUT2D eigenvalue weighted by molar-refractivity contribution is 5.80. The number of carbonyl (C=O) groups excluding carboxylic acids is 1. The third kappa shape index (κ3) is 3.87. The van der Waals surface area contributed by atoms with Crippen LogP contribution in [0.3, 0.4) is 0 Å². The van der Waals surface area contributed by atoms with Gasteiger partial charge in [-0.05, 0) is 13.8 Å². The monoisotopic (exact) mass is 238 g/mol. The van der Waals surface area contributed by atoms with Crippen LogP contribution in [0.15, 0.2) is 6.07 Å². The van der Waals surface area contributed by atoms with Crippen LogP contribution in [0, 0.1) is 6.92 Å². The summed E-state index contributed by atoms with van der Waals surface area (Å²) in [6.07, 6.45) is 0. The van der Waals surface area contributed by atoms with Crippen molar-refractivity contribution in [1.82, 2.24) is 14.9 Å². The Morgan fingerprint density at radius 1 is 1.53 bits per heavy atom. The second kappa shape index (κ2) is 6.00. The first-order valence-electron chi connectivity index (χ1n) is 5.37. The fraction of sp³-hybridized carbons (Fsp3) is 0.500. The van der Waals surface area contributed by atoms with Crippen LogP contribution in [0.4, 0.5) is 11.8 Å². The van der Waals surface area contributed by atoms with E-state index in [0.29, 0.717) is 18.3 Å². The van der Waals surface area contributed by atoms with Crippen LogP contribution in [-0.2, 0) is 4.79 Å². The smallest absolute Gasteiger partial charge is 0.241 e. The molecule has 0 aliphatic rings. The lowest BCUT2D eigenvalue weighted by molar-refractivity contribution is -0.127. The van der Waals surface area contributed by atoms with Crippen LogP contribution in [-0.4, -0.2) is 40.9 Å². The van der Waals surface area contributed by atoms with Crippen LogP contribution in [0.25, 0.3) is 0 Å². The lowest BCUT2D eigenvalue weighted by Crippen LogP contribution is -2.32. The second-order valence-corrected chi connectivity index (χ2v) is 3.62. The van der Waals surface area contributed by atoms with E-state index in [1.54, 1.807) is 18.0 Å². The molecule has 0 aromatic carbocycles. The SMILES string of the molecule is CCN(C)C(=O)CNc1cc(C)nc(NN)n1. The standard InChI is InChI=1S/C10H18N6O/c1-4-16(3)9(17)6-12-8-5-7(2)13-10(14-8)15-11/h5H,4,6,11H2,1-3H3,(H2,12,13,14,15). The first-order chi connectivity index (χ1) is 8.06. The Hall–Kier alpha value is -1.89. The average Bonchev–Trinajstić information content (AvgIpc) is 2.34. The molecule has 1 heterocycles. The number of rotatable bonds is 5. The largest absolute Gasteiger partial charge is 0.361 e. The fourth-order valence-electron chi connectivity index (χ4n) is 1.20. The van der Waals surface area contributed by atoms with Gasteiger partial charge in [0.1, 0.15) is 5.82 Å². The van der Waals surface area contributed by atoms with Crippen LogP contribution < -0.4 is 16.6 Å². The van der Waals surface area contributed by atoms with Crippen LogP contribution in [0.1, 0.15) is 12.6 Å². The van der Waals surface area contributed by atoms with Gasteiger partial charge in [0.05, 0.1) is 6.54 Å². The molecule has 4 N–H and O–H groups in total. The molecule has 0 saturated heterocycles. The molecule has 0 fully saturated rings. The summed E-state index contributed by atoms with van der Waals surface area (Å²) in [5.74, 6) is 6.14. The molecule has 0 atom stereocenters. The molecule has 1 aromatic rings. The molecular formula is C10H18N6O. The fourth-order valence-corrected chi connectivity index (χ4v) is 1.20. The maximum absolute atomic E-state index is 11.6. The molecule has 1 amide bonds. The molecule has 1 aromatic heterocycles. The topological polar surface area (TPSA) is 96.2 Å². The molecule has 0 aliphatic carbocycles. The highest BCUT2D eigenvalue weighted by atomic mass is 16.2. The van der Waals surface area contributed by atoms with E-state index in [9.17, 15) is 4.79 Å². The van der Waals surface area contributed by atoms with Gasteiger partial charge in [0, 0.05) is 25.4 Å². The number of likely N-dealkylation sites (N-methyl/N-ethyl adjacent to an activating group) is 1. The Kier molecular flexibility index (Phi) is 4.65. The lowest BCUT2D eigenvalue weighted by Gasteiger charge is -2.15. The first kappa shape index (κ1) is 13.2. The highest BCUT2D eigenvalue weighted by Gasteiger charge is 2.07. The van der Waals surface area contributed by atoms with Crippen molar-refractivity contribution in [2.75, 3.05) is 30.9 Å². The number of hydrogen-bond donors (Lipinski definition) is 3. The average molecular weight is 238 g/mol. The molecule has 7 heteroatoms. The van der Waals surface area contributed by atoms with Crippen molar-refractivity contribution >= 4 is 17.7 Å². The van der Waals surface area contributed by atoms with E-state index in [0.717, 1.165) is 5.69 Å². The minimum Gasteiger partial charge on any atom is -0.361 e. The van der Waals surface area contributed by atoms with Crippen molar-refractivity contribution in [3.63, 3.8) is 0 Å². The van der Waals surface area contributed by atoms with Gasteiger partial charge in [-0.15, -0.1) is 0 Å². The van der Waals surface area contributed by atoms with Gasteiger partial charge in [-0.3, -0.25) is 10.2 Å². The van der Waals surface area contributed by atoms with Crippen molar-refractivity contribution in [2.45, 2.75) is 13.8 Å². The van der Waals surface area contributed by atoms with Crippen molar-refractivity contribution in [2.24, 2.45) is 5.84 Å². The number of nitrogens with two attached hydrogens (primary N) is 1. The van der Waals surface area contributed by atoms with Crippen molar-refractivity contribution in [3.8, 4) is 0 Å². The van der Waals surface area contributed by atoms with Gasteiger partial charge in [-0.1, -0.05) is 0 Å². The van der Waals surface area contributed by atoms with Crippen molar-refractivity contribution in [3.05, 3.63) is 11.8 Å². The van der Waals surface area contributed by atoms with E-state index in [-0.39, 0.29) is 12.5 Å². The number of nitrogen functional groups attached to an aromatic ring is 1. The summed E-state index contributed by atoms with van der Waals surface area (Å²) < 4.78 is 0. The summed E-state index contributed by atoms with van der Waals surface area (Å²) in [5.41, 5.74) is 3.14. The second-order valence-electron chi connectivity index (χ2n) is 3.62. The number of nitrogens with zero attached hydrogens (tertiary/aromatic N) is 3. The Bertz CT molecular complexity index is 394. The number of nitrogens with one attached hydrogen (secondary N) is 2. The van der Waals surface area contributed by atoms with E-state index in [4.69, 9.17) is 5.84 Å². The molecule has 0 aliphatic heterocycles. The van der Waals surface area contributed by atoms with E-state index in [2.05, 4.69) is 20.7 Å². The van der Waals surface area contributed by atoms with Crippen LogP contribution in [0.2, 0.25) is 0 Å². The quantitative estimate of drug-likeness (QED) is 0.492. The number of amides is 1.